The van der Waals surface area contributed by atoms with Crippen molar-refractivity contribution in [1.82, 2.24) is 0 Å². The lowest BCUT2D eigenvalue weighted by Gasteiger charge is -2.27. The summed E-state index contributed by atoms with van der Waals surface area (Å²) in [5.74, 6) is 0.376. The van der Waals surface area contributed by atoms with E-state index in [0.717, 1.165) is 19.3 Å². The largest absolute Gasteiger partial charge is 0.433 e. The van der Waals surface area contributed by atoms with E-state index in [-0.39, 0.29) is 12.1 Å². The van der Waals surface area contributed by atoms with E-state index in [4.69, 9.17) is 14.5 Å². The predicted octanol–water partition coefficient (Wildman–Crippen LogP) is 4.76. The van der Waals surface area contributed by atoms with E-state index in [1.165, 1.54) is 32.1 Å². The molecule has 0 heterocycles. The minimum absolute atomic E-state index is 0.0677. The van der Waals surface area contributed by atoms with Crippen LogP contribution >= 0.6 is 0 Å². The molecule has 0 aromatic rings. The van der Waals surface area contributed by atoms with Crippen molar-refractivity contribution in [3.63, 3.8) is 0 Å². The molecule has 2 unspecified atom stereocenters. The summed E-state index contributed by atoms with van der Waals surface area (Å²) in [4.78, 5) is 22.5. The van der Waals surface area contributed by atoms with Gasteiger partial charge in [0.25, 0.3) is 0 Å². The SMILES string of the molecule is CCCCCC(=O)OC(CC)OOC(C)C1CCCCC1. The van der Waals surface area contributed by atoms with Crippen LogP contribution < -0.4 is 0 Å². The fourth-order valence-electron chi connectivity index (χ4n) is 2.73. The van der Waals surface area contributed by atoms with E-state index < -0.39 is 6.29 Å². The highest BCUT2D eigenvalue weighted by molar-refractivity contribution is 5.69. The number of carbonyl (C=O) groups is 1. The second-order valence-corrected chi connectivity index (χ2v) is 6.08. The summed E-state index contributed by atoms with van der Waals surface area (Å²) in [6.07, 6.45) is 9.90. The maximum atomic E-state index is 11.7. The van der Waals surface area contributed by atoms with E-state index in [1.54, 1.807) is 0 Å². The Bertz CT molecular complexity index is 274. The van der Waals surface area contributed by atoms with Crippen molar-refractivity contribution < 1.29 is 19.3 Å². The minimum Gasteiger partial charge on any atom is -0.433 e. The van der Waals surface area contributed by atoms with Crippen molar-refractivity contribution in [2.24, 2.45) is 5.92 Å². The van der Waals surface area contributed by atoms with Gasteiger partial charge in [0, 0.05) is 12.8 Å². The molecule has 1 aliphatic rings. The second kappa shape index (κ2) is 11.0. The van der Waals surface area contributed by atoms with Crippen LogP contribution in [-0.4, -0.2) is 18.4 Å². The van der Waals surface area contributed by atoms with E-state index >= 15 is 0 Å². The molecule has 0 aromatic heterocycles. The highest BCUT2D eigenvalue weighted by Gasteiger charge is 2.23. The van der Waals surface area contributed by atoms with Crippen LogP contribution in [0.1, 0.15) is 85.0 Å². The molecule has 21 heavy (non-hydrogen) atoms. The number of ether oxygens (including phenoxy) is 1. The van der Waals surface area contributed by atoms with Gasteiger partial charge in [-0.05, 0) is 32.1 Å². The smallest absolute Gasteiger partial charge is 0.308 e. The average molecular weight is 300 g/mol. The van der Waals surface area contributed by atoms with E-state index in [0.29, 0.717) is 18.8 Å². The lowest BCUT2D eigenvalue weighted by atomic mass is 9.86. The molecule has 124 valence electrons. The van der Waals surface area contributed by atoms with Gasteiger partial charge < -0.3 is 4.74 Å². The second-order valence-electron chi connectivity index (χ2n) is 6.08. The molecule has 0 radical (unpaired) electrons. The molecule has 1 fully saturated rings. The Morgan fingerprint density at radius 1 is 1.10 bits per heavy atom. The summed E-state index contributed by atoms with van der Waals surface area (Å²) >= 11 is 0. The zero-order valence-electron chi connectivity index (χ0n) is 13.9. The van der Waals surface area contributed by atoms with Gasteiger partial charge in [-0.1, -0.05) is 46.0 Å². The first-order valence-electron chi connectivity index (χ1n) is 8.69. The molecular weight excluding hydrogens is 268 g/mol. The number of unbranched alkanes of at least 4 members (excludes halogenated alkanes) is 2. The van der Waals surface area contributed by atoms with Crippen LogP contribution in [0, 0.1) is 5.92 Å². The molecule has 0 aromatic carbocycles. The molecule has 0 bridgehead atoms. The molecule has 4 nitrogen and oxygen atoms in total. The lowest BCUT2D eigenvalue weighted by Crippen LogP contribution is -2.28. The van der Waals surface area contributed by atoms with Crippen molar-refractivity contribution in [2.75, 3.05) is 0 Å². The van der Waals surface area contributed by atoms with Crippen LogP contribution in [-0.2, 0) is 19.3 Å². The first-order valence-corrected chi connectivity index (χ1v) is 8.69. The summed E-state index contributed by atoms with van der Waals surface area (Å²) in [6, 6.07) is 0. The fraction of sp³-hybridized carbons (Fsp3) is 0.941. The van der Waals surface area contributed by atoms with E-state index in [9.17, 15) is 4.79 Å². The summed E-state index contributed by atoms with van der Waals surface area (Å²) < 4.78 is 5.30. The third-order valence-corrected chi connectivity index (χ3v) is 4.21. The van der Waals surface area contributed by atoms with Gasteiger partial charge in [-0.2, -0.15) is 4.89 Å². The van der Waals surface area contributed by atoms with E-state index in [2.05, 4.69) is 6.92 Å². The molecule has 2 atom stereocenters. The molecule has 1 aliphatic carbocycles. The maximum Gasteiger partial charge on any atom is 0.308 e. The van der Waals surface area contributed by atoms with Crippen LogP contribution in [0.3, 0.4) is 0 Å². The van der Waals surface area contributed by atoms with Crippen molar-refractivity contribution >= 4 is 5.97 Å². The topological polar surface area (TPSA) is 44.8 Å². The monoisotopic (exact) mass is 300 g/mol. The highest BCUT2D eigenvalue weighted by Crippen LogP contribution is 2.28. The molecule has 1 saturated carbocycles. The average Bonchev–Trinajstić information content (AvgIpc) is 2.52. The van der Waals surface area contributed by atoms with Crippen LogP contribution in [0.25, 0.3) is 0 Å². The molecule has 1 rings (SSSR count). The van der Waals surface area contributed by atoms with Crippen molar-refractivity contribution in [3.8, 4) is 0 Å². The van der Waals surface area contributed by atoms with E-state index in [1.807, 2.05) is 13.8 Å². The molecule has 0 amide bonds. The molecule has 0 saturated heterocycles. The van der Waals surface area contributed by atoms with Crippen molar-refractivity contribution in [3.05, 3.63) is 0 Å². The Hall–Kier alpha value is -0.610. The Morgan fingerprint density at radius 2 is 1.81 bits per heavy atom. The Labute approximate surface area is 129 Å². The maximum absolute atomic E-state index is 11.7. The molecular formula is C17H32O4. The van der Waals surface area contributed by atoms with Gasteiger partial charge >= 0.3 is 5.97 Å². The fourth-order valence-corrected chi connectivity index (χ4v) is 2.73. The standard InChI is InChI=1S/C17H32O4/c1-4-6-8-13-16(18)19-17(5-2)21-20-14(3)15-11-9-7-10-12-15/h14-15,17H,4-13H2,1-3H3. The van der Waals surface area contributed by atoms with Gasteiger partial charge in [0.15, 0.2) is 0 Å². The zero-order chi connectivity index (χ0) is 15.5. The highest BCUT2D eigenvalue weighted by atomic mass is 17.2. The Balaban J connectivity index is 2.21. The number of hydrogen-bond donors (Lipinski definition) is 0. The van der Waals surface area contributed by atoms with Gasteiger partial charge in [0.05, 0.1) is 6.10 Å². The number of hydrogen-bond acceptors (Lipinski definition) is 4. The normalized spacial score (nSPS) is 19.2. The van der Waals surface area contributed by atoms with Crippen LogP contribution in [0.15, 0.2) is 0 Å². The first-order chi connectivity index (χ1) is 10.2. The van der Waals surface area contributed by atoms with Crippen molar-refractivity contribution in [1.29, 1.82) is 0 Å². The van der Waals surface area contributed by atoms with Crippen LogP contribution in [0.2, 0.25) is 0 Å². The third kappa shape index (κ3) is 7.82. The summed E-state index contributed by atoms with van der Waals surface area (Å²) in [5, 5.41) is 0. The lowest BCUT2D eigenvalue weighted by molar-refractivity contribution is -0.395. The Morgan fingerprint density at radius 3 is 2.43 bits per heavy atom. The quantitative estimate of drug-likeness (QED) is 0.192. The summed E-state index contributed by atoms with van der Waals surface area (Å²) in [7, 11) is 0. The Kier molecular flexibility index (Phi) is 9.68. The third-order valence-electron chi connectivity index (χ3n) is 4.21. The van der Waals surface area contributed by atoms with Crippen molar-refractivity contribution in [2.45, 2.75) is 97.4 Å². The van der Waals surface area contributed by atoms with Crippen LogP contribution in [0.5, 0.6) is 0 Å². The van der Waals surface area contributed by atoms with Gasteiger partial charge in [0.1, 0.15) is 0 Å². The molecule has 4 heteroatoms. The molecule has 0 aliphatic heterocycles. The van der Waals surface area contributed by atoms with Gasteiger partial charge in [-0.15, -0.1) is 0 Å². The minimum atomic E-state index is -0.579. The zero-order valence-corrected chi connectivity index (χ0v) is 13.9. The van der Waals surface area contributed by atoms with Gasteiger partial charge in [-0.25, -0.2) is 4.89 Å². The first kappa shape index (κ1) is 18.4. The van der Waals surface area contributed by atoms with Crippen LogP contribution in [0.4, 0.5) is 0 Å². The summed E-state index contributed by atoms with van der Waals surface area (Å²) in [5.41, 5.74) is 0. The number of rotatable bonds is 10. The predicted molar refractivity (Wildman–Crippen MR) is 82.5 cm³/mol. The molecule has 0 spiro atoms. The number of carbonyl (C=O) groups excluding carboxylic acids is 1. The summed E-state index contributed by atoms with van der Waals surface area (Å²) in [6.45, 7) is 6.09. The molecule has 0 N–H and O–H groups in total. The van der Waals surface area contributed by atoms with Gasteiger partial charge in [-0.3, -0.25) is 4.79 Å². The number of esters is 1. The van der Waals surface area contributed by atoms with Gasteiger partial charge in [0.2, 0.25) is 6.29 Å².